The lowest BCUT2D eigenvalue weighted by Gasteiger charge is -2.02. The van der Waals surface area contributed by atoms with Crippen molar-refractivity contribution in [2.75, 3.05) is 0 Å². The zero-order chi connectivity index (χ0) is 10.8. The molecule has 0 atom stereocenters. The van der Waals surface area contributed by atoms with Gasteiger partial charge in [0.1, 0.15) is 0 Å². The first-order chi connectivity index (χ1) is 7.22. The van der Waals surface area contributed by atoms with E-state index in [1.807, 2.05) is 18.2 Å². The Hall–Kier alpha value is -0.130. The van der Waals surface area contributed by atoms with E-state index in [4.69, 9.17) is 4.42 Å². The summed E-state index contributed by atoms with van der Waals surface area (Å²) in [6, 6.07) is 5.94. The van der Waals surface area contributed by atoms with Gasteiger partial charge < -0.3 is 4.42 Å². The number of halogens is 3. The fourth-order valence-corrected chi connectivity index (χ4v) is 2.44. The predicted molar refractivity (Wildman–Crippen MR) is 70.0 cm³/mol. The average Bonchev–Trinajstić information content (AvgIpc) is 2.69. The lowest BCUT2D eigenvalue weighted by Crippen LogP contribution is -1.84. The molecule has 1 aromatic heterocycles. The van der Waals surface area contributed by atoms with Crippen LogP contribution in [0.2, 0.25) is 0 Å². The number of hydrogen-bond donors (Lipinski definition) is 0. The van der Waals surface area contributed by atoms with E-state index in [1.165, 1.54) is 6.39 Å². The van der Waals surface area contributed by atoms with Crippen LogP contribution in [0.15, 0.2) is 38.0 Å². The fraction of sp³-hybridized carbons (Fsp3) is 0.100. The Morgan fingerprint density at radius 1 is 1.27 bits per heavy atom. The zero-order valence-corrected chi connectivity index (χ0v) is 12.3. The van der Waals surface area contributed by atoms with Gasteiger partial charge in [0.25, 0.3) is 0 Å². The molecule has 0 amide bonds. The van der Waals surface area contributed by atoms with Crippen LogP contribution in [-0.2, 0) is 5.33 Å². The van der Waals surface area contributed by atoms with Crippen molar-refractivity contribution >= 4 is 47.8 Å². The second-order valence-corrected chi connectivity index (χ2v) is 5.22. The predicted octanol–water partition coefficient (Wildman–Crippen LogP) is 4.76. The first kappa shape index (κ1) is 11.4. The maximum absolute atomic E-state index is 5.39. The molecular formula is C10H6Br3NO. The van der Waals surface area contributed by atoms with E-state index in [-0.39, 0.29) is 0 Å². The number of benzene rings is 1. The van der Waals surface area contributed by atoms with Gasteiger partial charge in [0.15, 0.2) is 12.2 Å². The third kappa shape index (κ3) is 2.34. The quantitative estimate of drug-likeness (QED) is 0.685. The van der Waals surface area contributed by atoms with Crippen LogP contribution >= 0.6 is 47.8 Å². The molecule has 0 radical (unpaired) electrons. The van der Waals surface area contributed by atoms with Gasteiger partial charge in [-0.2, -0.15) is 0 Å². The summed E-state index contributed by atoms with van der Waals surface area (Å²) in [6.07, 6.45) is 1.46. The summed E-state index contributed by atoms with van der Waals surface area (Å²) in [7, 11) is 0. The first-order valence-electron chi connectivity index (χ1n) is 4.16. The van der Waals surface area contributed by atoms with E-state index in [9.17, 15) is 0 Å². The second-order valence-electron chi connectivity index (χ2n) is 2.89. The highest BCUT2D eigenvalue weighted by molar-refractivity contribution is 9.11. The summed E-state index contributed by atoms with van der Waals surface area (Å²) >= 11 is 10.3. The fourth-order valence-electron chi connectivity index (χ4n) is 1.25. The van der Waals surface area contributed by atoms with E-state index in [0.717, 1.165) is 26.0 Å². The average molecular weight is 396 g/mol. The number of rotatable bonds is 2. The van der Waals surface area contributed by atoms with Gasteiger partial charge in [-0.15, -0.1) is 0 Å². The standard InChI is InChI=1S/C10H6Br3NO/c11-4-9-10(15-5-14-9)7-3-6(12)1-2-8(7)13/h1-3,5H,4H2. The van der Waals surface area contributed by atoms with Crippen LogP contribution in [0.3, 0.4) is 0 Å². The molecule has 0 fully saturated rings. The summed E-state index contributed by atoms with van der Waals surface area (Å²) in [6.45, 7) is 0. The molecular weight excluding hydrogens is 390 g/mol. The van der Waals surface area contributed by atoms with Crippen LogP contribution in [0.5, 0.6) is 0 Å². The SMILES string of the molecule is BrCc1ncoc1-c1cc(Br)ccc1Br. The molecule has 1 heterocycles. The molecule has 0 unspecified atom stereocenters. The third-order valence-corrected chi connectivity index (χ3v) is 3.66. The summed E-state index contributed by atoms with van der Waals surface area (Å²) in [4.78, 5) is 4.13. The van der Waals surface area contributed by atoms with Crippen LogP contribution in [0.1, 0.15) is 5.69 Å². The third-order valence-electron chi connectivity index (χ3n) is 1.94. The Morgan fingerprint density at radius 3 is 2.80 bits per heavy atom. The lowest BCUT2D eigenvalue weighted by atomic mass is 10.1. The van der Waals surface area contributed by atoms with Crippen LogP contribution in [-0.4, -0.2) is 4.98 Å². The number of nitrogens with zero attached hydrogens (tertiary/aromatic N) is 1. The Balaban J connectivity index is 2.58. The molecule has 0 saturated heterocycles. The summed E-state index contributed by atoms with van der Waals surface area (Å²) in [5.41, 5.74) is 1.89. The number of hydrogen-bond acceptors (Lipinski definition) is 2. The molecule has 2 nitrogen and oxygen atoms in total. The van der Waals surface area contributed by atoms with E-state index < -0.39 is 0 Å². The van der Waals surface area contributed by atoms with E-state index >= 15 is 0 Å². The minimum atomic E-state index is 0.678. The van der Waals surface area contributed by atoms with Crippen molar-refractivity contribution in [3.05, 3.63) is 39.2 Å². The molecule has 5 heteroatoms. The second kappa shape index (κ2) is 4.80. The van der Waals surface area contributed by atoms with E-state index in [2.05, 4.69) is 52.8 Å². The Labute approximate surface area is 112 Å². The van der Waals surface area contributed by atoms with Crippen LogP contribution < -0.4 is 0 Å². The maximum atomic E-state index is 5.39. The lowest BCUT2D eigenvalue weighted by molar-refractivity contribution is 0.571. The molecule has 0 aliphatic heterocycles. The van der Waals surface area contributed by atoms with Gasteiger partial charge in [-0.25, -0.2) is 4.98 Å². The van der Waals surface area contributed by atoms with Gasteiger partial charge >= 0.3 is 0 Å². The van der Waals surface area contributed by atoms with Crippen molar-refractivity contribution in [2.45, 2.75) is 5.33 Å². The maximum Gasteiger partial charge on any atom is 0.181 e. The van der Waals surface area contributed by atoms with Gasteiger partial charge in [-0.05, 0) is 18.2 Å². The molecule has 15 heavy (non-hydrogen) atoms. The first-order valence-corrected chi connectivity index (χ1v) is 6.87. The van der Waals surface area contributed by atoms with Crippen molar-refractivity contribution < 1.29 is 4.42 Å². The molecule has 0 bridgehead atoms. The van der Waals surface area contributed by atoms with Gasteiger partial charge in [0.2, 0.25) is 0 Å². The summed E-state index contributed by atoms with van der Waals surface area (Å²) in [5, 5.41) is 0.678. The van der Waals surface area contributed by atoms with Gasteiger partial charge in [0, 0.05) is 19.8 Å². The number of aromatic nitrogens is 1. The van der Waals surface area contributed by atoms with Crippen molar-refractivity contribution in [1.29, 1.82) is 0 Å². The minimum Gasteiger partial charge on any atom is -0.443 e. The molecule has 1 aromatic carbocycles. The number of oxazole rings is 1. The Bertz CT molecular complexity index is 481. The largest absolute Gasteiger partial charge is 0.443 e. The molecule has 0 saturated carbocycles. The smallest absolute Gasteiger partial charge is 0.181 e. The monoisotopic (exact) mass is 393 g/mol. The molecule has 0 spiro atoms. The minimum absolute atomic E-state index is 0.678. The zero-order valence-electron chi connectivity index (χ0n) is 7.51. The van der Waals surface area contributed by atoms with E-state index in [1.54, 1.807) is 0 Å². The van der Waals surface area contributed by atoms with Crippen LogP contribution in [0.4, 0.5) is 0 Å². The normalized spacial score (nSPS) is 10.6. The highest BCUT2D eigenvalue weighted by Gasteiger charge is 2.12. The van der Waals surface area contributed by atoms with Gasteiger partial charge in [-0.3, -0.25) is 0 Å². The van der Waals surface area contributed by atoms with Crippen molar-refractivity contribution in [1.82, 2.24) is 4.98 Å². The molecule has 78 valence electrons. The Morgan fingerprint density at radius 2 is 2.07 bits per heavy atom. The molecule has 0 aliphatic rings. The summed E-state index contributed by atoms with van der Waals surface area (Å²) in [5.74, 6) is 0.792. The summed E-state index contributed by atoms with van der Waals surface area (Å²) < 4.78 is 7.39. The Kier molecular flexibility index (Phi) is 3.64. The van der Waals surface area contributed by atoms with Crippen molar-refractivity contribution in [2.24, 2.45) is 0 Å². The molecule has 0 aliphatic carbocycles. The van der Waals surface area contributed by atoms with E-state index in [0.29, 0.717) is 5.33 Å². The van der Waals surface area contributed by atoms with Gasteiger partial charge in [0.05, 0.1) is 5.69 Å². The topological polar surface area (TPSA) is 26.0 Å². The van der Waals surface area contributed by atoms with Crippen LogP contribution in [0, 0.1) is 0 Å². The van der Waals surface area contributed by atoms with Crippen molar-refractivity contribution in [3.63, 3.8) is 0 Å². The highest BCUT2D eigenvalue weighted by atomic mass is 79.9. The van der Waals surface area contributed by atoms with Crippen LogP contribution in [0.25, 0.3) is 11.3 Å². The highest BCUT2D eigenvalue weighted by Crippen LogP contribution is 2.33. The number of alkyl halides is 1. The molecule has 0 N–H and O–H groups in total. The molecule has 2 rings (SSSR count). The molecule has 2 aromatic rings. The van der Waals surface area contributed by atoms with Gasteiger partial charge in [-0.1, -0.05) is 47.8 Å². The van der Waals surface area contributed by atoms with Crippen molar-refractivity contribution in [3.8, 4) is 11.3 Å².